The highest BCUT2D eigenvalue weighted by Gasteiger charge is 2.11. The van der Waals surface area contributed by atoms with Gasteiger partial charge in [0, 0.05) is 24.7 Å². The van der Waals surface area contributed by atoms with Gasteiger partial charge in [0.1, 0.15) is 23.3 Å². The minimum Gasteiger partial charge on any atom is -0.364 e. The van der Waals surface area contributed by atoms with Gasteiger partial charge in [0.25, 0.3) is 0 Å². The molecule has 9 heteroatoms. The molecule has 0 radical (unpaired) electrons. The third-order valence-corrected chi connectivity index (χ3v) is 4.44. The van der Waals surface area contributed by atoms with Gasteiger partial charge >= 0.3 is 0 Å². The minimum atomic E-state index is -0.275. The van der Waals surface area contributed by atoms with Gasteiger partial charge < -0.3 is 16.0 Å². The highest BCUT2D eigenvalue weighted by molar-refractivity contribution is 5.58. The van der Waals surface area contributed by atoms with Crippen LogP contribution in [-0.2, 0) is 6.54 Å². The molecule has 0 aliphatic rings. The molecule has 0 spiro atoms. The fourth-order valence-electron chi connectivity index (χ4n) is 2.87. The summed E-state index contributed by atoms with van der Waals surface area (Å²) in [5.74, 6) is 1.86. The van der Waals surface area contributed by atoms with Crippen LogP contribution in [0.1, 0.15) is 24.2 Å². The van der Waals surface area contributed by atoms with Crippen molar-refractivity contribution >= 4 is 23.4 Å². The zero-order valence-electron chi connectivity index (χ0n) is 16.8. The molecule has 3 heterocycles. The van der Waals surface area contributed by atoms with Crippen LogP contribution in [0.5, 0.6) is 0 Å². The number of nitrogens with one attached hydrogen (secondary N) is 3. The molecule has 0 bridgehead atoms. The number of pyridine rings is 1. The third kappa shape index (κ3) is 5.69. The van der Waals surface area contributed by atoms with Crippen LogP contribution >= 0.6 is 0 Å². The lowest BCUT2D eigenvalue weighted by molar-refractivity contribution is 0.626. The molecule has 1 aromatic carbocycles. The van der Waals surface area contributed by atoms with Gasteiger partial charge in [0.2, 0.25) is 5.95 Å². The summed E-state index contributed by atoms with van der Waals surface area (Å²) in [7, 11) is 0. The number of hydrogen-bond donors (Lipinski definition) is 3. The summed E-state index contributed by atoms with van der Waals surface area (Å²) in [5.41, 5.74) is 1.80. The second kappa shape index (κ2) is 9.57. The smallest absolute Gasteiger partial charge is 0.227 e. The highest BCUT2D eigenvalue weighted by atomic mass is 19.1. The molecule has 0 amide bonds. The molecule has 0 saturated carbocycles. The van der Waals surface area contributed by atoms with Crippen molar-refractivity contribution in [1.29, 1.82) is 0 Å². The lowest BCUT2D eigenvalue weighted by Crippen LogP contribution is -2.12. The molecule has 0 aliphatic heterocycles. The van der Waals surface area contributed by atoms with Gasteiger partial charge in [0.05, 0.1) is 24.5 Å². The van der Waals surface area contributed by atoms with Crippen molar-refractivity contribution in [2.24, 2.45) is 0 Å². The van der Waals surface area contributed by atoms with E-state index in [9.17, 15) is 4.39 Å². The normalized spacial score (nSPS) is 11.5. The van der Waals surface area contributed by atoms with E-state index in [0.717, 1.165) is 11.3 Å². The third-order valence-electron chi connectivity index (χ3n) is 4.44. The monoisotopic (exact) mass is 416 g/mol. The molecular formula is C22H21FN8. The topological polar surface area (TPSA) is 101 Å². The quantitative estimate of drug-likeness (QED) is 0.390. The number of benzene rings is 1. The highest BCUT2D eigenvalue weighted by Crippen LogP contribution is 2.22. The standard InChI is InChI=1S/C22H21FN8/c1-15(16-5-7-17(23)8-6-16)28-22-30-19(27-13-18-4-2-3-9-25-18)12-20(31-22)29-21-14-24-10-11-26-21/h2-12,14-15H,13H2,1H3,(H3,26,27,28,29,30,31). The first-order chi connectivity index (χ1) is 15.2. The summed E-state index contributed by atoms with van der Waals surface area (Å²) in [5, 5.41) is 9.67. The van der Waals surface area contributed by atoms with Crippen LogP contribution in [-0.4, -0.2) is 24.9 Å². The zero-order chi connectivity index (χ0) is 21.5. The van der Waals surface area contributed by atoms with Crippen LogP contribution in [0.2, 0.25) is 0 Å². The molecule has 8 nitrogen and oxygen atoms in total. The molecule has 4 rings (SSSR count). The van der Waals surface area contributed by atoms with Gasteiger partial charge in [-0.3, -0.25) is 9.97 Å². The van der Waals surface area contributed by atoms with E-state index in [1.54, 1.807) is 43.0 Å². The molecule has 0 aliphatic carbocycles. The molecule has 156 valence electrons. The molecule has 0 saturated heterocycles. The summed E-state index contributed by atoms with van der Waals surface area (Å²) in [6.07, 6.45) is 6.55. The molecule has 0 fully saturated rings. The van der Waals surface area contributed by atoms with Crippen LogP contribution < -0.4 is 16.0 Å². The zero-order valence-corrected chi connectivity index (χ0v) is 16.8. The summed E-state index contributed by atoms with van der Waals surface area (Å²) in [4.78, 5) is 21.7. The van der Waals surface area contributed by atoms with Crippen molar-refractivity contribution in [1.82, 2.24) is 24.9 Å². The van der Waals surface area contributed by atoms with Gasteiger partial charge in [-0.25, -0.2) is 9.37 Å². The average molecular weight is 416 g/mol. The summed E-state index contributed by atoms with van der Waals surface area (Å²) in [6.45, 7) is 2.47. The van der Waals surface area contributed by atoms with E-state index >= 15 is 0 Å². The van der Waals surface area contributed by atoms with Crippen molar-refractivity contribution in [3.63, 3.8) is 0 Å². The first kappa shape index (κ1) is 20.1. The predicted octanol–water partition coefficient (Wildman–Crippen LogP) is 4.33. The van der Waals surface area contributed by atoms with Crippen LogP contribution in [0, 0.1) is 5.82 Å². The van der Waals surface area contributed by atoms with E-state index in [1.807, 2.05) is 25.1 Å². The SMILES string of the molecule is CC(Nc1nc(NCc2ccccn2)cc(Nc2cnccn2)n1)c1ccc(F)cc1. The number of rotatable bonds is 8. The summed E-state index contributed by atoms with van der Waals surface area (Å²) in [6, 6.07) is 13.7. The van der Waals surface area contributed by atoms with Gasteiger partial charge in [-0.2, -0.15) is 9.97 Å². The van der Waals surface area contributed by atoms with Gasteiger partial charge in [-0.1, -0.05) is 18.2 Å². The fourth-order valence-corrected chi connectivity index (χ4v) is 2.87. The number of aromatic nitrogens is 5. The van der Waals surface area contributed by atoms with Crippen molar-refractivity contribution in [2.45, 2.75) is 19.5 Å². The molecule has 1 unspecified atom stereocenters. The Morgan fingerprint density at radius 1 is 0.903 bits per heavy atom. The van der Waals surface area contributed by atoms with Gasteiger partial charge in [-0.15, -0.1) is 0 Å². The summed E-state index contributed by atoms with van der Waals surface area (Å²) >= 11 is 0. The molecule has 1 atom stereocenters. The average Bonchev–Trinajstić information content (AvgIpc) is 2.79. The second-order valence-electron chi connectivity index (χ2n) is 6.77. The molecule has 3 aromatic heterocycles. The Bertz CT molecular complexity index is 1110. The first-order valence-electron chi connectivity index (χ1n) is 9.73. The second-order valence-corrected chi connectivity index (χ2v) is 6.77. The van der Waals surface area contributed by atoms with E-state index in [0.29, 0.717) is 29.9 Å². The number of nitrogens with zero attached hydrogens (tertiary/aromatic N) is 5. The van der Waals surface area contributed by atoms with Crippen LogP contribution in [0.25, 0.3) is 0 Å². The van der Waals surface area contributed by atoms with Crippen LogP contribution in [0.4, 0.5) is 27.8 Å². The van der Waals surface area contributed by atoms with Gasteiger partial charge in [0.15, 0.2) is 0 Å². The summed E-state index contributed by atoms with van der Waals surface area (Å²) < 4.78 is 13.2. The maximum atomic E-state index is 13.2. The fraction of sp³-hybridized carbons (Fsp3) is 0.136. The predicted molar refractivity (Wildman–Crippen MR) is 117 cm³/mol. The molecule has 31 heavy (non-hydrogen) atoms. The Morgan fingerprint density at radius 3 is 2.48 bits per heavy atom. The molecule has 3 N–H and O–H groups in total. The lowest BCUT2D eigenvalue weighted by atomic mass is 10.1. The lowest BCUT2D eigenvalue weighted by Gasteiger charge is -2.16. The molecular weight excluding hydrogens is 395 g/mol. The number of halogens is 1. The van der Waals surface area contributed by atoms with E-state index in [1.165, 1.54) is 12.1 Å². The Morgan fingerprint density at radius 2 is 1.74 bits per heavy atom. The minimum absolute atomic E-state index is 0.129. The van der Waals surface area contributed by atoms with E-state index in [2.05, 4.69) is 40.9 Å². The van der Waals surface area contributed by atoms with E-state index < -0.39 is 0 Å². The van der Waals surface area contributed by atoms with Crippen molar-refractivity contribution in [2.75, 3.05) is 16.0 Å². The maximum absolute atomic E-state index is 13.2. The Kier molecular flexibility index (Phi) is 6.22. The van der Waals surface area contributed by atoms with Crippen LogP contribution in [0.3, 0.4) is 0 Å². The maximum Gasteiger partial charge on any atom is 0.227 e. The van der Waals surface area contributed by atoms with Crippen molar-refractivity contribution < 1.29 is 4.39 Å². The number of hydrogen-bond acceptors (Lipinski definition) is 8. The Balaban J connectivity index is 1.56. The first-order valence-corrected chi connectivity index (χ1v) is 9.73. The molecule has 4 aromatic rings. The van der Waals surface area contributed by atoms with Crippen LogP contribution in [0.15, 0.2) is 73.3 Å². The van der Waals surface area contributed by atoms with E-state index in [-0.39, 0.29) is 11.9 Å². The Hall–Kier alpha value is -4.14. The largest absolute Gasteiger partial charge is 0.364 e. The number of anilines is 4. The van der Waals surface area contributed by atoms with Crippen molar-refractivity contribution in [3.8, 4) is 0 Å². The van der Waals surface area contributed by atoms with Gasteiger partial charge in [-0.05, 0) is 36.8 Å². The van der Waals surface area contributed by atoms with E-state index in [4.69, 9.17) is 0 Å². The van der Waals surface area contributed by atoms with Crippen molar-refractivity contribution in [3.05, 3.63) is 90.4 Å². The Labute approximate surface area is 179 Å².